The molecule has 15 heavy (non-hydrogen) atoms. The van der Waals surface area contributed by atoms with Gasteiger partial charge in [-0.2, -0.15) is 0 Å². The molecule has 0 fully saturated rings. The number of allylic oxidation sites excluding steroid dienone is 1. The first kappa shape index (κ1) is 14.2. The van der Waals surface area contributed by atoms with Crippen molar-refractivity contribution in [3.05, 3.63) is 11.6 Å². The Kier molecular flexibility index (Phi) is 9.24. The summed E-state index contributed by atoms with van der Waals surface area (Å²) >= 11 is 0. The molecule has 0 radical (unpaired) electrons. The Morgan fingerprint density at radius 2 is 1.93 bits per heavy atom. The van der Waals surface area contributed by atoms with Crippen LogP contribution >= 0.6 is 0 Å². The summed E-state index contributed by atoms with van der Waals surface area (Å²) in [5.41, 5.74) is 1.24. The number of hydrogen-bond donors (Lipinski definition) is 0. The molecule has 2 heteroatoms. The molecule has 0 amide bonds. The summed E-state index contributed by atoms with van der Waals surface area (Å²) in [5.74, 6) is -0.194. The highest BCUT2D eigenvalue weighted by Gasteiger charge is 1.97. The molecule has 0 atom stereocenters. The number of ether oxygens (including phenoxy) is 1. The van der Waals surface area contributed by atoms with E-state index in [1.165, 1.54) is 38.2 Å². The van der Waals surface area contributed by atoms with E-state index < -0.39 is 0 Å². The van der Waals surface area contributed by atoms with Crippen molar-refractivity contribution in [1.82, 2.24) is 0 Å². The van der Waals surface area contributed by atoms with Crippen molar-refractivity contribution >= 4 is 5.97 Å². The molecular weight excluding hydrogens is 188 g/mol. The molecule has 88 valence electrons. The van der Waals surface area contributed by atoms with Gasteiger partial charge in [-0.05, 0) is 24.8 Å². The first-order valence-electron chi connectivity index (χ1n) is 6.02. The van der Waals surface area contributed by atoms with Gasteiger partial charge in [-0.3, -0.25) is 4.79 Å². The topological polar surface area (TPSA) is 26.3 Å². The molecule has 0 N–H and O–H groups in total. The van der Waals surface area contributed by atoms with Crippen molar-refractivity contribution in [3.63, 3.8) is 0 Å². The van der Waals surface area contributed by atoms with Crippen molar-refractivity contribution in [3.8, 4) is 0 Å². The van der Waals surface area contributed by atoms with E-state index in [9.17, 15) is 4.79 Å². The molecule has 0 heterocycles. The monoisotopic (exact) mass is 212 g/mol. The fourth-order valence-corrected chi connectivity index (χ4v) is 1.38. The van der Waals surface area contributed by atoms with Crippen LogP contribution < -0.4 is 0 Å². The summed E-state index contributed by atoms with van der Waals surface area (Å²) in [5, 5.41) is 0. The highest BCUT2D eigenvalue weighted by molar-refractivity contribution is 5.66. The minimum absolute atomic E-state index is 0.194. The van der Waals surface area contributed by atoms with E-state index in [1.807, 2.05) is 0 Å². The third kappa shape index (κ3) is 9.51. The fraction of sp³-hybridized carbons (Fsp3) is 0.769. The molecule has 0 aliphatic carbocycles. The smallest absolute Gasteiger partial charge is 0.302 e. The molecule has 0 aliphatic rings. The first-order chi connectivity index (χ1) is 7.20. The molecule has 0 bridgehead atoms. The average molecular weight is 212 g/mol. The zero-order valence-corrected chi connectivity index (χ0v) is 10.3. The van der Waals surface area contributed by atoms with Gasteiger partial charge in [0, 0.05) is 6.92 Å². The van der Waals surface area contributed by atoms with Crippen LogP contribution in [0.15, 0.2) is 11.6 Å². The van der Waals surface area contributed by atoms with Crippen LogP contribution in [0.3, 0.4) is 0 Å². The van der Waals surface area contributed by atoms with Gasteiger partial charge in [-0.1, -0.05) is 39.2 Å². The van der Waals surface area contributed by atoms with Gasteiger partial charge < -0.3 is 4.74 Å². The summed E-state index contributed by atoms with van der Waals surface area (Å²) < 4.78 is 4.97. The maximum Gasteiger partial charge on any atom is 0.302 e. The Labute approximate surface area is 93.7 Å². The SMILES string of the molecule is CCCCCCC=C(CC)COC(C)=O. The first-order valence-corrected chi connectivity index (χ1v) is 6.02. The molecule has 0 aromatic carbocycles. The van der Waals surface area contributed by atoms with E-state index in [4.69, 9.17) is 4.74 Å². The van der Waals surface area contributed by atoms with Crippen LogP contribution in [-0.2, 0) is 9.53 Å². The van der Waals surface area contributed by atoms with Crippen LogP contribution in [0.4, 0.5) is 0 Å². The van der Waals surface area contributed by atoms with E-state index in [1.54, 1.807) is 0 Å². The zero-order chi connectivity index (χ0) is 11.5. The summed E-state index contributed by atoms with van der Waals surface area (Å²) in [6.07, 6.45) is 9.45. The summed E-state index contributed by atoms with van der Waals surface area (Å²) in [7, 11) is 0. The number of carbonyl (C=O) groups is 1. The van der Waals surface area contributed by atoms with Gasteiger partial charge in [-0.25, -0.2) is 0 Å². The summed E-state index contributed by atoms with van der Waals surface area (Å²) in [6.45, 7) is 6.24. The second kappa shape index (κ2) is 9.75. The predicted molar refractivity (Wildman–Crippen MR) is 63.8 cm³/mol. The van der Waals surface area contributed by atoms with Crippen LogP contribution in [0.1, 0.15) is 59.3 Å². The van der Waals surface area contributed by atoms with Gasteiger partial charge >= 0.3 is 5.97 Å². The Hall–Kier alpha value is -0.790. The molecule has 0 unspecified atom stereocenters. The molecule has 0 saturated carbocycles. The molecule has 0 saturated heterocycles. The molecule has 2 nitrogen and oxygen atoms in total. The Bertz CT molecular complexity index is 195. The Morgan fingerprint density at radius 3 is 2.47 bits per heavy atom. The van der Waals surface area contributed by atoms with Crippen LogP contribution in [0, 0.1) is 0 Å². The number of carbonyl (C=O) groups excluding carboxylic acids is 1. The van der Waals surface area contributed by atoms with Crippen LogP contribution in [-0.4, -0.2) is 12.6 Å². The van der Waals surface area contributed by atoms with Crippen LogP contribution in [0.5, 0.6) is 0 Å². The van der Waals surface area contributed by atoms with Crippen molar-refractivity contribution < 1.29 is 9.53 Å². The Morgan fingerprint density at radius 1 is 1.20 bits per heavy atom. The third-order valence-corrected chi connectivity index (χ3v) is 2.41. The van der Waals surface area contributed by atoms with Gasteiger partial charge in [-0.15, -0.1) is 0 Å². The molecular formula is C13H24O2. The maximum atomic E-state index is 10.6. The molecule has 0 rings (SSSR count). The van der Waals surface area contributed by atoms with Crippen molar-refractivity contribution in [2.75, 3.05) is 6.61 Å². The van der Waals surface area contributed by atoms with Crippen LogP contribution in [0.25, 0.3) is 0 Å². The lowest BCUT2D eigenvalue weighted by atomic mass is 10.1. The van der Waals surface area contributed by atoms with Gasteiger partial charge in [0.1, 0.15) is 6.61 Å². The number of hydrogen-bond acceptors (Lipinski definition) is 2. The van der Waals surface area contributed by atoms with Gasteiger partial charge in [0.25, 0.3) is 0 Å². The zero-order valence-electron chi connectivity index (χ0n) is 10.3. The Balaban J connectivity index is 3.64. The minimum atomic E-state index is -0.194. The summed E-state index contributed by atoms with van der Waals surface area (Å²) in [6, 6.07) is 0. The van der Waals surface area contributed by atoms with Crippen LogP contribution in [0.2, 0.25) is 0 Å². The van der Waals surface area contributed by atoms with E-state index in [2.05, 4.69) is 19.9 Å². The van der Waals surface area contributed by atoms with Gasteiger partial charge in [0.2, 0.25) is 0 Å². The molecule has 0 aliphatic heterocycles. The third-order valence-electron chi connectivity index (χ3n) is 2.41. The van der Waals surface area contributed by atoms with E-state index in [0.29, 0.717) is 6.61 Å². The number of unbranched alkanes of at least 4 members (excludes halogenated alkanes) is 4. The predicted octanol–water partition coefficient (Wildman–Crippen LogP) is 3.86. The van der Waals surface area contributed by atoms with E-state index in [-0.39, 0.29) is 5.97 Å². The quantitative estimate of drug-likeness (QED) is 0.347. The standard InChI is InChI=1S/C13H24O2/c1-4-6-7-8-9-10-13(5-2)11-15-12(3)14/h10H,4-9,11H2,1-3H3. The lowest BCUT2D eigenvalue weighted by Crippen LogP contribution is -2.02. The van der Waals surface area contributed by atoms with Gasteiger partial charge in [0.15, 0.2) is 0 Å². The number of rotatable bonds is 8. The van der Waals surface area contributed by atoms with Crippen molar-refractivity contribution in [1.29, 1.82) is 0 Å². The van der Waals surface area contributed by atoms with Crippen molar-refractivity contribution in [2.24, 2.45) is 0 Å². The van der Waals surface area contributed by atoms with E-state index >= 15 is 0 Å². The highest BCUT2D eigenvalue weighted by Crippen LogP contribution is 2.08. The fourth-order valence-electron chi connectivity index (χ4n) is 1.38. The summed E-state index contributed by atoms with van der Waals surface area (Å²) in [4.78, 5) is 10.6. The molecule has 0 aromatic heterocycles. The lowest BCUT2D eigenvalue weighted by Gasteiger charge is -2.05. The van der Waals surface area contributed by atoms with Gasteiger partial charge in [0.05, 0.1) is 0 Å². The molecule has 0 aromatic rings. The maximum absolute atomic E-state index is 10.6. The number of esters is 1. The highest BCUT2D eigenvalue weighted by atomic mass is 16.5. The molecule has 0 spiro atoms. The normalized spacial score (nSPS) is 11.5. The largest absolute Gasteiger partial charge is 0.461 e. The van der Waals surface area contributed by atoms with Crippen molar-refractivity contribution in [2.45, 2.75) is 59.3 Å². The minimum Gasteiger partial charge on any atom is -0.461 e. The lowest BCUT2D eigenvalue weighted by molar-refractivity contribution is -0.140. The second-order valence-corrected chi connectivity index (χ2v) is 3.85. The average Bonchev–Trinajstić information content (AvgIpc) is 2.22. The second-order valence-electron chi connectivity index (χ2n) is 3.85. The van der Waals surface area contributed by atoms with E-state index in [0.717, 1.165) is 12.8 Å².